The summed E-state index contributed by atoms with van der Waals surface area (Å²) < 4.78 is 34.2. The molecule has 0 spiro atoms. The van der Waals surface area contributed by atoms with E-state index in [0.29, 0.717) is 12.8 Å². The van der Waals surface area contributed by atoms with Crippen molar-refractivity contribution in [2.45, 2.75) is 362 Å². The monoisotopic (exact) mass is 1220 g/mol. The van der Waals surface area contributed by atoms with Crippen LogP contribution in [0.1, 0.15) is 258 Å². The van der Waals surface area contributed by atoms with E-state index in [2.05, 4.69) is 43.5 Å². The van der Waals surface area contributed by atoms with Crippen LogP contribution >= 0.6 is 0 Å². The number of unbranched alkanes of at least 4 members (excludes halogenated alkanes) is 32. The predicted molar refractivity (Wildman–Crippen MR) is 328 cm³/mol. The van der Waals surface area contributed by atoms with Crippen molar-refractivity contribution < 1.29 is 89.4 Å². The number of hydrogen-bond acceptors (Lipinski definition) is 18. The zero-order valence-corrected chi connectivity index (χ0v) is 52.6. The number of aliphatic hydroxyl groups is 11. The van der Waals surface area contributed by atoms with E-state index in [0.717, 1.165) is 57.8 Å². The summed E-state index contributed by atoms with van der Waals surface area (Å²) in [5, 5.41) is 120. The van der Waals surface area contributed by atoms with Crippen LogP contribution in [0.2, 0.25) is 0 Å². The minimum absolute atomic E-state index is 0.246. The Morgan fingerprint density at radius 3 is 1.20 bits per heavy atom. The van der Waals surface area contributed by atoms with Gasteiger partial charge in [-0.05, 0) is 44.9 Å². The molecule has 17 unspecified atom stereocenters. The molecule has 19 heteroatoms. The molecule has 500 valence electrons. The van der Waals surface area contributed by atoms with Gasteiger partial charge in [0.15, 0.2) is 18.9 Å². The van der Waals surface area contributed by atoms with E-state index < -0.39 is 124 Å². The lowest BCUT2D eigenvalue weighted by Gasteiger charge is -2.48. The van der Waals surface area contributed by atoms with E-state index >= 15 is 0 Å². The van der Waals surface area contributed by atoms with Crippen LogP contribution in [0.25, 0.3) is 0 Å². The Kier molecular flexibility index (Phi) is 44.7. The molecule has 3 saturated heterocycles. The molecule has 0 radical (unpaired) electrons. The van der Waals surface area contributed by atoms with Gasteiger partial charge in [-0.2, -0.15) is 0 Å². The van der Waals surface area contributed by atoms with Gasteiger partial charge in [0.05, 0.1) is 38.6 Å². The maximum Gasteiger partial charge on any atom is 0.220 e. The van der Waals surface area contributed by atoms with Gasteiger partial charge in [-0.3, -0.25) is 4.79 Å². The van der Waals surface area contributed by atoms with Gasteiger partial charge in [-0.15, -0.1) is 0 Å². The van der Waals surface area contributed by atoms with Crippen LogP contribution < -0.4 is 5.32 Å². The van der Waals surface area contributed by atoms with E-state index in [4.69, 9.17) is 28.4 Å². The van der Waals surface area contributed by atoms with Gasteiger partial charge >= 0.3 is 0 Å². The molecule has 0 aromatic rings. The zero-order valence-electron chi connectivity index (χ0n) is 52.6. The second kappa shape index (κ2) is 49.0. The average Bonchev–Trinajstić information content (AvgIpc) is 2.21. The number of hydrogen-bond donors (Lipinski definition) is 12. The van der Waals surface area contributed by atoms with Gasteiger partial charge in [0.1, 0.15) is 73.2 Å². The van der Waals surface area contributed by atoms with E-state index in [1.807, 2.05) is 0 Å². The van der Waals surface area contributed by atoms with Crippen LogP contribution in [0.5, 0.6) is 0 Å². The van der Waals surface area contributed by atoms with Gasteiger partial charge < -0.3 is 89.9 Å². The Hall–Kier alpha value is -1.73. The molecule has 19 nitrogen and oxygen atoms in total. The minimum atomic E-state index is -1.97. The molecular weight excluding hydrogens is 1090 g/mol. The topological polar surface area (TPSA) is 307 Å². The Morgan fingerprint density at radius 1 is 0.424 bits per heavy atom. The molecule has 12 N–H and O–H groups in total. The molecule has 3 rings (SSSR count). The maximum atomic E-state index is 13.3. The lowest BCUT2D eigenvalue weighted by molar-refractivity contribution is -0.379. The SMILES string of the molecule is CCCCCCC/C=C\C/C=C\CCCCCCCCCCCCCCCCCCCCCCCCCC(=O)NC(COC1OC(CO)C(OC2OC(CO)C(OC3OC(CO)C(O)C(O)C3O)C(O)C2O)C(O)C1O)C(O)CCCCCCC. The molecule has 3 aliphatic rings. The van der Waals surface area contributed by atoms with Gasteiger partial charge in [-0.1, -0.05) is 231 Å². The smallest absolute Gasteiger partial charge is 0.220 e. The molecule has 3 heterocycles. The highest BCUT2D eigenvalue weighted by atomic mass is 16.8. The number of aliphatic hydroxyl groups excluding tert-OH is 11. The summed E-state index contributed by atoms with van der Waals surface area (Å²) in [6.07, 6.45) is 28.1. The highest BCUT2D eigenvalue weighted by Gasteiger charge is 2.53. The lowest BCUT2D eigenvalue weighted by Crippen LogP contribution is -2.66. The predicted octanol–water partition coefficient (Wildman–Crippen LogP) is 8.27. The summed E-state index contributed by atoms with van der Waals surface area (Å²) >= 11 is 0. The highest BCUT2D eigenvalue weighted by Crippen LogP contribution is 2.33. The van der Waals surface area contributed by atoms with Crippen molar-refractivity contribution in [3.8, 4) is 0 Å². The first-order valence-corrected chi connectivity index (χ1v) is 34.1. The van der Waals surface area contributed by atoms with E-state index in [1.165, 1.54) is 167 Å². The number of ether oxygens (including phenoxy) is 6. The molecule has 17 atom stereocenters. The van der Waals surface area contributed by atoms with Crippen molar-refractivity contribution in [3.63, 3.8) is 0 Å². The number of rotatable bonds is 52. The fourth-order valence-electron chi connectivity index (χ4n) is 11.7. The van der Waals surface area contributed by atoms with Crippen molar-refractivity contribution in [1.29, 1.82) is 0 Å². The largest absolute Gasteiger partial charge is 0.394 e. The van der Waals surface area contributed by atoms with Crippen LogP contribution in [0.15, 0.2) is 24.3 Å². The van der Waals surface area contributed by atoms with Crippen molar-refractivity contribution in [1.82, 2.24) is 5.32 Å². The van der Waals surface area contributed by atoms with E-state index in [-0.39, 0.29) is 18.9 Å². The molecule has 0 aromatic carbocycles. The van der Waals surface area contributed by atoms with Crippen LogP contribution in [0, 0.1) is 0 Å². The summed E-state index contributed by atoms with van der Waals surface area (Å²) in [5.41, 5.74) is 0. The Labute approximate surface area is 511 Å². The van der Waals surface area contributed by atoms with Gasteiger partial charge in [0.25, 0.3) is 0 Å². The van der Waals surface area contributed by atoms with E-state index in [1.54, 1.807) is 0 Å². The zero-order chi connectivity index (χ0) is 61.9. The summed E-state index contributed by atoms with van der Waals surface area (Å²) in [5.74, 6) is -0.246. The Balaban J connectivity index is 1.25. The fraction of sp³-hybridized carbons (Fsp3) is 0.924. The Morgan fingerprint density at radius 2 is 0.776 bits per heavy atom. The summed E-state index contributed by atoms with van der Waals surface area (Å²) in [6, 6.07) is -0.880. The van der Waals surface area contributed by atoms with Gasteiger partial charge in [-0.25, -0.2) is 0 Å². The molecule has 85 heavy (non-hydrogen) atoms. The maximum absolute atomic E-state index is 13.3. The van der Waals surface area contributed by atoms with Crippen LogP contribution in [0.4, 0.5) is 0 Å². The first-order valence-electron chi connectivity index (χ1n) is 34.1. The average molecular weight is 1220 g/mol. The lowest BCUT2D eigenvalue weighted by atomic mass is 9.96. The molecule has 0 bridgehead atoms. The number of nitrogens with one attached hydrogen (secondary N) is 1. The van der Waals surface area contributed by atoms with Crippen molar-refractivity contribution >= 4 is 5.91 Å². The molecule has 0 aliphatic carbocycles. The number of amides is 1. The van der Waals surface area contributed by atoms with Gasteiger partial charge in [0.2, 0.25) is 5.91 Å². The minimum Gasteiger partial charge on any atom is -0.394 e. The van der Waals surface area contributed by atoms with Crippen LogP contribution in [-0.4, -0.2) is 193 Å². The van der Waals surface area contributed by atoms with Crippen molar-refractivity contribution in [2.75, 3.05) is 26.4 Å². The molecular formula is C66H123NO18. The molecule has 3 fully saturated rings. The highest BCUT2D eigenvalue weighted by molar-refractivity contribution is 5.76. The molecule has 3 aliphatic heterocycles. The molecule has 0 aromatic heterocycles. The van der Waals surface area contributed by atoms with E-state index in [9.17, 15) is 61.0 Å². The normalized spacial score (nSPS) is 29.1. The van der Waals surface area contributed by atoms with Crippen molar-refractivity contribution in [2.24, 2.45) is 0 Å². The first-order chi connectivity index (χ1) is 41.3. The standard InChI is InChI=1S/C66H123NO18/c1-3-5-7-9-10-11-12-13-14-15-16-17-18-19-20-21-22-23-24-25-26-27-28-29-30-31-32-33-34-35-36-37-38-40-42-44-54(72)67-49(50(71)43-41-39-8-6-4-2)48-80-64-60(78)57(75)62(52(46-69)82-64)85-66-61(79)58(76)63(53(47-70)83-66)84-65-59(77)56(74)55(73)51(45-68)81-65/h12-13,15-16,49-53,55-66,68-71,73-79H,3-11,14,17-48H2,1-2H3,(H,67,72)/b13-12-,16-15-. The third kappa shape index (κ3) is 31.7. The number of carbonyl (C=O) groups is 1. The van der Waals surface area contributed by atoms with Crippen LogP contribution in [0.3, 0.4) is 0 Å². The third-order valence-corrected chi connectivity index (χ3v) is 17.3. The summed E-state index contributed by atoms with van der Waals surface area (Å²) in [7, 11) is 0. The molecule has 0 saturated carbocycles. The van der Waals surface area contributed by atoms with Crippen molar-refractivity contribution in [3.05, 3.63) is 24.3 Å². The number of carbonyl (C=O) groups excluding carboxylic acids is 1. The second-order valence-electron chi connectivity index (χ2n) is 24.6. The molecule has 1 amide bonds. The summed E-state index contributed by atoms with van der Waals surface area (Å²) in [6.45, 7) is 1.69. The quantitative estimate of drug-likeness (QED) is 0.0201. The summed E-state index contributed by atoms with van der Waals surface area (Å²) in [4.78, 5) is 13.3. The Bertz CT molecular complexity index is 1640. The number of allylic oxidation sites excluding steroid dienone is 4. The third-order valence-electron chi connectivity index (χ3n) is 17.3. The van der Waals surface area contributed by atoms with Crippen LogP contribution in [-0.2, 0) is 33.2 Å². The fourth-order valence-corrected chi connectivity index (χ4v) is 11.7. The first kappa shape index (κ1) is 77.5. The second-order valence-corrected chi connectivity index (χ2v) is 24.6. The van der Waals surface area contributed by atoms with Gasteiger partial charge in [0, 0.05) is 6.42 Å².